The van der Waals surface area contributed by atoms with Crippen molar-refractivity contribution >= 4 is 33.9 Å². The average molecular weight is 273 g/mol. The molecule has 0 aliphatic heterocycles. The quantitative estimate of drug-likeness (QED) is 0.727. The summed E-state index contributed by atoms with van der Waals surface area (Å²) in [4.78, 5) is 4.28. The molecule has 4 heteroatoms. The summed E-state index contributed by atoms with van der Waals surface area (Å²) in [7, 11) is 0. The van der Waals surface area contributed by atoms with Gasteiger partial charge in [-0.3, -0.25) is 0 Å². The van der Waals surface area contributed by atoms with Crippen molar-refractivity contribution in [3.8, 4) is 0 Å². The zero-order valence-corrected chi connectivity index (χ0v) is 10.7. The lowest BCUT2D eigenvalue weighted by molar-refractivity contribution is 0.628. The molecule has 0 fully saturated rings. The highest BCUT2D eigenvalue weighted by atomic mass is 35.5. The maximum absolute atomic E-state index is 13.3. The minimum Gasteiger partial charge on any atom is -0.340 e. The van der Waals surface area contributed by atoms with Gasteiger partial charge in [-0.1, -0.05) is 35.9 Å². The molecule has 1 heterocycles. The van der Waals surface area contributed by atoms with Crippen LogP contribution in [0.25, 0.3) is 10.8 Å². The molecule has 1 aromatic heterocycles. The van der Waals surface area contributed by atoms with Gasteiger partial charge in [-0.15, -0.1) is 0 Å². The van der Waals surface area contributed by atoms with Gasteiger partial charge in [0.2, 0.25) is 0 Å². The first kappa shape index (κ1) is 11.9. The summed E-state index contributed by atoms with van der Waals surface area (Å²) >= 11 is 5.83. The van der Waals surface area contributed by atoms with Crippen LogP contribution in [0.4, 0.5) is 15.9 Å². The topological polar surface area (TPSA) is 24.9 Å². The Morgan fingerprint density at radius 3 is 2.74 bits per heavy atom. The largest absolute Gasteiger partial charge is 0.340 e. The van der Waals surface area contributed by atoms with Crippen molar-refractivity contribution in [1.29, 1.82) is 0 Å². The standard InChI is InChI=1S/C15H10ClFN2/c16-11-7-12(17)9-13(8-11)19-15-14-4-2-1-3-10(14)5-6-18-15/h1-9H,(H,18,19). The summed E-state index contributed by atoms with van der Waals surface area (Å²) in [5, 5.41) is 5.49. The molecule has 0 bridgehead atoms. The second kappa shape index (κ2) is 4.86. The molecule has 19 heavy (non-hydrogen) atoms. The van der Waals surface area contributed by atoms with Gasteiger partial charge in [0.1, 0.15) is 11.6 Å². The number of nitrogens with one attached hydrogen (secondary N) is 1. The first-order valence-electron chi connectivity index (χ1n) is 5.79. The second-order valence-electron chi connectivity index (χ2n) is 4.16. The molecule has 0 aliphatic rings. The minimum absolute atomic E-state index is 0.350. The fourth-order valence-electron chi connectivity index (χ4n) is 1.98. The molecule has 2 nitrogen and oxygen atoms in total. The Morgan fingerprint density at radius 2 is 1.89 bits per heavy atom. The van der Waals surface area contributed by atoms with Crippen molar-refractivity contribution in [1.82, 2.24) is 4.98 Å². The van der Waals surface area contributed by atoms with Crippen molar-refractivity contribution in [3.63, 3.8) is 0 Å². The number of hydrogen-bond acceptors (Lipinski definition) is 2. The third-order valence-electron chi connectivity index (χ3n) is 2.80. The number of fused-ring (bicyclic) bond motifs is 1. The Morgan fingerprint density at radius 1 is 1.05 bits per heavy atom. The van der Waals surface area contributed by atoms with Crippen LogP contribution >= 0.6 is 11.6 Å². The molecule has 3 aromatic rings. The molecular weight excluding hydrogens is 263 g/mol. The number of halogens is 2. The van der Waals surface area contributed by atoms with E-state index in [2.05, 4.69) is 10.3 Å². The predicted molar refractivity (Wildman–Crippen MR) is 76.4 cm³/mol. The highest BCUT2D eigenvalue weighted by molar-refractivity contribution is 6.30. The van der Waals surface area contributed by atoms with E-state index in [0.717, 1.165) is 10.8 Å². The molecule has 0 aliphatic carbocycles. The highest BCUT2D eigenvalue weighted by Crippen LogP contribution is 2.26. The molecule has 0 amide bonds. The lowest BCUT2D eigenvalue weighted by Gasteiger charge is -2.09. The fraction of sp³-hybridized carbons (Fsp3) is 0. The van der Waals surface area contributed by atoms with E-state index in [9.17, 15) is 4.39 Å². The summed E-state index contributed by atoms with van der Waals surface area (Å²) in [5.74, 6) is 0.301. The Balaban J connectivity index is 2.05. The van der Waals surface area contributed by atoms with Gasteiger partial charge >= 0.3 is 0 Å². The summed E-state index contributed by atoms with van der Waals surface area (Å²) in [6.07, 6.45) is 1.71. The van der Waals surface area contributed by atoms with Gasteiger partial charge in [0, 0.05) is 22.3 Å². The van der Waals surface area contributed by atoms with Gasteiger partial charge in [0.25, 0.3) is 0 Å². The van der Waals surface area contributed by atoms with Crippen molar-refractivity contribution < 1.29 is 4.39 Å². The van der Waals surface area contributed by atoms with Gasteiger partial charge in [0.15, 0.2) is 0 Å². The van der Waals surface area contributed by atoms with Crippen LogP contribution in [-0.4, -0.2) is 4.98 Å². The number of aromatic nitrogens is 1. The molecule has 0 atom stereocenters. The summed E-state index contributed by atoms with van der Waals surface area (Å²) in [6, 6.07) is 14.1. The van der Waals surface area contributed by atoms with Gasteiger partial charge in [-0.05, 0) is 29.7 Å². The van der Waals surface area contributed by atoms with Crippen LogP contribution in [0.1, 0.15) is 0 Å². The molecule has 1 N–H and O–H groups in total. The van der Waals surface area contributed by atoms with Crippen molar-refractivity contribution in [2.24, 2.45) is 0 Å². The zero-order valence-electron chi connectivity index (χ0n) is 9.90. The predicted octanol–water partition coefficient (Wildman–Crippen LogP) is 4.77. The van der Waals surface area contributed by atoms with Gasteiger partial charge in [-0.25, -0.2) is 9.37 Å². The zero-order chi connectivity index (χ0) is 13.2. The minimum atomic E-state index is -0.379. The SMILES string of the molecule is Fc1cc(Cl)cc(Nc2nccc3ccccc23)c1. The van der Waals surface area contributed by atoms with Crippen LogP contribution in [0, 0.1) is 5.82 Å². The second-order valence-corrected chi connectivity index (χ2v) is 4.60. The number of hydrogen-bond donors (Lipinski definition) is 1. The first-order valence-corrected chi connectivity index (χ1v) is 6.17. The first-order chi connectivity index (χ1) is 9.22. The molecule has 0 spiro atoms. The molecule has 0 unspecified atom stereocenters. The van der Waals surface area contributed by atoms with Gasteiger partial charge in [-0.2, -0.15) is 0 Å². The number of benzene rings is 2. The molecule has 0 saturated carbocycles. The molecule has 0 radical (unpaired) electrons. The molecule has 94 valence electrons. The fourth-order valence-corrected chi connectivity index (χ4v) is 2.20. The molecular formula is C15H10ClFN2. The smallest absolute Gasteiger partial charge is 0.138 e. The summed E-state index contributed by atoms with van der Waals surface area (Å²) in [5.41, 5.74) is 0.578. The van der Waals surface area contributed by atoms with E-state index < -0.39 is 0 Å². The van der Waals surface area contributed by atoms with E-state index in [1.165, 1.54) is 12.1 Å². The van der Waals surface area contributed by atoms with E-state index in [4.69, 9.17) is 11.6 Å². The van der Waals surface area contributed by atoms with E-state index in [1.807, 2.05) is 30.3 Å². The van der Waals surface area contributed by atoms with Crippen molar-refractivity contribution in [3.05, 3.63) is 65.6 Å². The van der Waals surface area contributed by atoms with Crippen molar-refractivity contribution in [2.45, 2.75) is 0 Å². The molecule has 0 saturated heterocycles. The average Bonchev–Trinajstić information content (AvgIpc) is 2.38. The Labute approximate surface area is 114 Å². The van der Waals surface area contributed by atoms with Crippen LogP contribution in [0.15, 0.2) is 54.7 Å². The maximum atomic E-state index is 13.3. The molecule has 3 rings (SSSR count). The Bertz CT molecular complexity index is 718. The number of nitrogens with zero attached hydrogens (tertiary/aromatic N) is 1. The van der Waals surface area contributed by atoms with E-state index in [0.29, 0.717) is 16.5 Å². The summed E-state index contributed by atoms with van der Waals surface area (Å²) in [6.45, 7) is 0. The lowest BCUT2D eigenvalue weighted by Crippen LogP contribution is -1.95. The normalized spacial score (nSPS) is 10.6. The Hall–Kier alpha value is -2.13. The number of rotatable bonds is 2. The highest BCUT2D eigenvalue weighted by Gasteiger charge is 2.04. The van der Waals surface area contributed by atoms with Crippen LogP contribution < -0.4 is 5.32 Å². The van der Waals surface area contributed by atoms with Crippen molar-refractivity contribution in [2.75, 3.05) is 5.32 Å². The lowest BCUT2D eigenvalue weighted by atomic mass is 10.1. The van der Waals surface area contributed by atoms with Crippen LogP contribution in [0.3, 0.4) is 0 Å². The van der Waals surface area contributed by atoms with Gasteiger partial charge < -0.3 is 5.32 Å². The number of pyridine rings is 1. The maximum Gasteiger partial charge on any atom is 0.138 e. The van der Waals surface area contributed by atoms with Crippen LogP contribution in [0.2, 0.25) is 5.02 Å². The third-order valence-corrected chi connectivity index (χ3v) is 3.02. The Kier molecular flexibility index (Phi) is 3.05. The van der Waals surface area contributed by atoms with Crippen LogP contribution in [0.5, 0.6) is 0 Å². The van der Waals surface area contributed by atoms with E-state index >= 15 is 0 Å². The third kappa shape index (κ3) is 2.51. The van der Waals surface area contributed by atoms with E-state index in [1.54, 1.807) is 12.3 Å². The monoisotopic (exact) mass is 272 g/mol. The van der Waals surface area contributed by atoms with Gasteiger partial charge in [0.05, 0.1) is 0 Å². The van der Waals surface area contributed by atoms with E-state index in [-0.39, 0.29) is 5.82 Å². The van der Waals surface area contributed by atoms with Crippen LogP contribution in [-0.2, 0) is 0 Å². The molecule has 2 aromatic carbocycles. The summed E-state index contributed by atoms with van der Waals surface area (Å²) < 4.78 is 13.3. The number of anilines is 2.